The third kappa shape index (κ3) is 5.18. The van der Waals surface area contributed by atoms with Gasteiger partial charge in [0.15, 0.2) is 5.17 Å². The van der Waals surface area contributed by atoms with E-state index in [1.807, 2.05) is 0 Å². The van der Waals surface area contributed by atoms with Crippen LogP contribution < -0.4 is 10.1 Å². The minimum atomic E-state index is -0.420. The molecule has 1 N–H and O–H groups in total. The Balaban J connectivity index is 1.67. The Kier molecular flexibility index (Phi) is 5.93. The van der Waals surface area contributed by atoms with Gasteiger partial charge in [-0.1, -0.05) is 29.8 Å². The third-order valence-corrected chi connectivity index (χ3v) is 4.66. The molecule has 0 unspecified atom stereocenters. The first-order chi connectivity index (χ1) is 12.9. The summed E-state index contributed by atoms with van der Waals surface area (Å²) in [5, 5.41) is 3.12. The van der Waals surface area contributed by atoms with E-state index >= 15 is 0 Å². The van der Waals surface area contributed by atoms with E-state index < -0.39 is 5.91 Å². The van der Waals surface area contributed by atoms with Crippen molar-refractivity contribution in [3.8, 4) is 5.75 Å². The van der Waals surface area contributed by atoms with Gasteiger partial charge in [-0.15, -0.1) is 0 Å². The smallest absolute Gasteiger partial charge is 0.286 e. The molecule has 0 fully saturated rings. The van der Waals surface area contributed by atoms with Gasteiger partial charge in [0.25, 0.3) is 5.91 Å². The predicted molar refractivity (Wildman–Crippen MR) is 104 cm³/mol. The average molecular weight is 405 g/mol. The van der Waals surface area contributed by atoms with Crippen LogP contribution in [0.5, 0.6) is 5.75 Å². The molecular weight excluding hydrogens is 391 g/mol. The summed E-state index contributed by atoms with van der Waals surface area (Å²) in [6.07, 6.45) is 1.64. The maximum Gasteiger partial charge on any atom is 0.286 e. The Morgan fingerprint density at radius 1 is 1.30 bits per heavy atom. The highest BCUT2D eigenvalue weighted by Crippen LogP contribution is 2.31. The maximum absolute atomic E-state index is 12.9. The Labute approximate surface area is 164 Å². The number of amides is 2. The van der Waals surface area contributed by atoms with Crippen molar-refractivity contribution in [3.63, 3.8) is 0 Å². The lowest BCUT2D eigenvalue weighted by Crippen LogP contribution is -2.23. The van der Waals surface area contributed by atoms with E-state index in [1.54, 1.807) is 36.4 Å². The first-order valence-electron chi connectivity index (χ1n) is 7.87. The van der Waals surface area contributed by atoms with Gasteiger partial charge in [0.2, 0.25) is 5.91 Å². The Hall–Kier alpha value is -2.64. The van der Waals surface area contributed by atoms with Gasteiger partial charge in [0.1, 0.15) is 18.2 Å². The number of halogens is 2. The molecule has 0 bridgehead atoms. The largest absolute Gasteiger partial charge is 0.487 e. The van der Waals surface area contributed by atoms with Gasteiger partial charge in [-0.05, 0) is 53.2 Å². The van der Waals surface area contributed by atoms with Crippen molar-refractivity contribution in [2.24, 2.45) is 4.99 Å². The summed E-state index contributed by atoms with van der Waals surface area (Å²) in [4.78, 5) is 27.1. The van der Waals surface area contributed by atoms with Crippen molar-refractivity contribution in [2.75, 3.05) is 0 Å². The Morgan fingerprint density at radius 2 is 2.04 bits per heavy atom. The average Bonchev–Trinajstić information content (AvgIpc) is 2.94. The molecule has 1 heterocycles. The summed E-state index contributed by atoms with van der Waals surface area (Å²) in [6, 6.07) is 11.1. The van der Waals surface area contributed by atoms with Crippen LogP contribution >= 0.6 is 23.4 Å². The van der Waals surface area contributed by atoms with E-state index in [2.05, 4.69) is 10.3 Å². The van der Waals surface area contributed by atoms with E-state index in [0.717, 1.165) is 17.3 Å². The van der Waals surface area contributed by atoms with Gasteiger partial charge in [0, 0.05) is 6.92 Å². The molecule has 0 spiro atoms. The van der Waals surface area contributed by atoms with Crippen LogP contribution in [0.2, 0.25) is 5.02 Å². The van der Waals surface area contributed by atoms with Crippen molar-refractivity contribution in [3.05, 3.63) is 69.3 Å². The Morgan fingerprint density at radius 3 is 2.70 bits per heavy atom. The second kappa shape index (κ2) is 8.37. The molecule has 8 heteroatoms. The monoisotopic (exact) mass is 404 g/mol. The van der Waals surface area contributed by atoms with Crippen molar-refractivity contribution in [1.82, 2.24) is 5.32 Å². The van der Waals surface area contributed by atoms with Gasteiger partial charge in [-0.3, -0.25) is 9.59 Å². The molecule has 27 heavy (non-hydrogen) atoms. The van der Waals surface area contributed by atoms with E-state index in [4.69, 9.17) is 16.3 Å². The molecule has 2 amide bonds. The van der Waals surface area contributed by atoms with Crippen molar-refractivity contribution >= 4 is 46.4 Å². The van der Waals surface area contributed by atoms with Crippen LogP contribution in [0.4, 0.5) is 4.39 Å². The SMILES string of the molecule is CC(=O)NC1=NC(=O)/C(=C/c2ccc(OCc3ccc(F)cc3)c(Cl)c2)S1. The zero-order chi connectivity index (χ0) is 19.4. The highest BCUT2D eigenvalue weighted by atomic mass is 35.5. The standard InChI is InChI=1S/C19H14ClFN2O3S/c1-11(24)22-19-23-18(25)17(27-19)9-13-4-7-16(15(20)8-13)26-10-12-2-5-14(21)6-3-12/h2-9H,10H2,1H3,(H,22,23,24,25)/b17-9-. The number of benzene rings is 2. The molecule has 0 aliphatic carbocycles. The van der Waals surface area contributed by atoms with Gasteiger partial charge >= 0.3 is 0 Å². The van der Waals surface area contributed by atoms with Gasteiger partial charge in [-0.2, -0.15) is 4.99 Å². The van der Waals surface area contributed by atoms with Crippen LogP contribution in [0.1, 0.15) is 18.1 Å². The zero-order valence-electron chi connectivity index (χ0n) is 14.2. The van der Waals surface area contributed by atoms with Crippen molar-refractivity contribution in [1.29, 1.82) is 0 Å². The summed E-state index contributed by atoms with van der Waals surface area (Å²) in [6.45, 7) is 1.60. The lowest BCUT2D eigenvalue weighted by Gasteiger charge is -2.09. The molecule has 2 aromatic carbocycles. The summed E-state index contributed by atoms with van der Waals surface area (Å²) >= 11 is 7.33. The lowest BCUT2D eigenvalue weighted by atomic mass is 10.2. The number of hydrogen-bond acceptors (Lipinski definition) is 4. The number of nitrogens with one attached hydrogen (secondary N) is 1. The van der Waals surface area contributed by atoms with Crippen molar-refractivity contribution < 1.29 is 18.7 Å². The number of thioether (sulfide) groups is 1. The molecule has 0 aromatic heterocycles. The van der Waals surface area contributed by atoms with Crippen LogP contribution in [-0.2, 0) is 16.2 Å². The number of amidine groups is 1. The molecular formula is C19H14ClFN2O3S. The van der Waals surface area contributed by atoms with Crippen LogP contribution in [-0.4, -0.2) is 17.0 Å². The van der Waals surface area contributed by atoms with Crippen LogP contribution in [0.15, 0.2) is 52.4 Å². The second-order valence-corrected chi connectivity index (χ2v) is 7.06. The maximum atomic E-state index is 12.9. The normalized spacial score (nSPS) is 15.0. The number of rotatable bonds is 4. The first-order valence-corrected chi connectivity index (χ1v) is 9.07. The summed E-state index contributed by atoms with van der Waals surface area (Å²) in [7, 11) is 0. The van der Waals surface area contributed by atoms with E-state index in [0.29, 0.717) is 21.2 Å². The molecule has 1 aliphatic rings. The van der Waals surface area contributed by atoms with Crippen LogP contribution in [0, 0.1) is 5.82 Å². The fraction of sp³-hybridized carbons (Fsp3) is 0.105. The first kappa shape index (κ1) is 19.1. The van der Waals surface area contributed by atoms with E-state index in [9.17, 15) is 14.0 Å². The quantitative estimate of drug-likeness (QED) is 0.777. The lowest BCUT2D eigenvalue weighted by molar-refractivity contribution is -0.117. The van der Waals surface area contributed by atoms with Crippen LogP contribution in [0.25, 0.3) is 6.08 Å². The summed E-state index contributed by atoms with van der Waals surface area (Å²) < 4.78 is 18.6. The molecule has 5 nitrogen and oxygen atoms in total. The second-order valence-electron chi connectivity index (χ2n) is 5.62. The molecule has 0 radical (unpaired) electrons. The molecule has 2 aromatic rings. The summed E-state index contributed by atoms with van der Waals surface area (Å²) in [5.41, 5.74) is 1.51. The van der Waals surface area contributed by atoms with E-state index in [-0.39, 0.29) is 23.5 Å². The van der Waals surface area contributed by atoms with Gasteiger partial charge < -0.3 is 10.1 Å². The number of carbonyl (C=O) groups excluding carboxylic acids is 2. The topological polar surface area (TPSA) is 67.8 Å². The number of aliphatic imine (C=N–C) groups is 1. The van der Waals surface area contributed by atoms with Crippen LogP contribution in [0.3, 0.4) is 0 Å². The Bertz CT molecular complexity index is 958. The fourth-order valence-electron chi connectivity index (χ4n) is 2.23. The number of ether oxygens (including phenoxy) is 1. The number of hydrogen-bond donors (Lipinski definition) is 1. The van der Waals surface area contributed by atoms with E-state index in [1.165, 1.54) is 19.1 Å². The predicted octanol–water partition coefficient (Wildman–Crippen LogP) is 4.16. The van der Waals surface area contributed by atoms with Gasteiger partial charge in [0.05, 0.1) is 9.93 Å². The zero-order valence-corrected chi connectivity index (χ0v) is 15.7. The molecule has 0 saturated heterocycles. The number of carbonyl (C=O) groups is 2. The molecule has 0 atom stereocenters. The van der Waals surface area contributed by atoms with Crippen molar-refractivity contribution in [2.45, 2.75) is 13.5 Å². The molecule has 0 saturated carbocycles. The van der Waals surface area contributed by atoms with Gasteiger partial charge in [-0.25, -0.2) is 4.39 Å². The summed E-state index contributed by atoms with van der Waals surface area (Å²) in [5.74, 6) is -0.541. The highest BCUT2D eigenvalue weighted by Gasteiger charge is 2.22. The minimum Gasteiger partial charge on any atom is -0.487 e. The minimum absolute atomic E-state index is 0.253. The fourth-order valence-corrected chi connectivity index (χ4v) is 3.33. The number of nitrogens with zero attached hydrogens (tertiary/aromatic N) is 1. The third-order valence-electron chi connectivity index (χ3n) is 3.46. The highest BCUT2D eigenvalue weighted by molar-refractivity contribution is 8.18. The molecule has 138 valence electrons. The molecule has 1 aliphatic heterocycles. The molecule has 3 rings (SSSR count).